The van der Waals surface area contributed by atoms with Crippen molar-refractivity contribution in [3.05, 3.63) is 45.8 Å². The monoisotopic (exact) mass is 348 g/mol. The lowest BCUT2D eigenvalue weighted by atomic mass is 10.1. The summed E-state index contributed by atoms with van der Waals surface area (Å²) < 4.78 is 5.58. The number of nitro benzene ring substituents is 1. The van der Waals surface area contributed by atoms with Crippen molar-refractivity contribution in [2.24, 2.45) is 0 Å². The van der Waals surface area contributed by atoms with Crippen LogP contribution >= 0.6 is 11.8 Å². The van der Waals surface area contributed by atoms with Crippen LogP contribution in [0.2, 0.25) is 0 Å². The van der Waals surface area contributed by atoms with Crippen molar-refractivity contribution in [2.45, 2.75) is 36.8 Å². The third-order valence-electron chi connectivity index (χ3n) is 3.77. The number of rotatable bonds is 6. The van der Waals surface area contributed by atoms with E-state index in [0.29, 0.717) is 30.6 Å². The number of hydrogen-bond donors (Lipinski definition) is 0. The topological polar surface area (TPSA) is 102 Å². The zero-order valence-corrected chi connectivity index (χ0v) is 13.9. The quantitative estimate of drug-likeness (QED) is 0.449. The van der Waals surface area contributed by atoms with Crippen molar-refractivity contribution in [3.63, 3.8) is 0 Å². The Hall–Kier alpha value is -2.42. The van der Waals surface area contributed by atoms with Crippen LogP contribution in [0.1, 0.15) is 36.5 Å². The molecule has 3 rings (SSSR count). The molecule has 2 aromatic rings. The second-order valence-corrected chi connectivity index (χ2v) is 6.78. The summed E-state index contributed by atoms with van der Waals surface area (Å²) in [5.74, 6) is 0.506. The standard InChI is InChI=1S/C15H16N4O4S/c1-10(11-4-2-5-12(8-11)19(21)22)24-15-17-16-13(23-15)9-18-7-3-6-14(18)20/h2,4-5,8,10H,3,6-7,9H2,1H3. The first kappa shape index (κ1) is 16.4. The van der Waals surface area contributed by atoms with Crippen LogP contribution in [-0.2, 0) is 11.3 Å². The van der Waals surface area contributed by atoms with Crippen molar-refractivity contribution in [2.75, 3.05) is 6.54 Å². The van der Waals surface area contributed by atoms with Gasteiger partial charge < -0.3 is 9.32 Å². The highest BCUT2D eigenvalue weighted by Crippen LogP contribution is 2.35. The highest BCUT2D eigenvalue weighted by Gasteiger charge is 2.23. The Kier molecular flexibility index (Phi) is 4.79. The van der Waals surface area contributed by atoms with Gasteiger partial charge in [-0.25, -0.2) is 0 Å². The van der Waals surface area contributed by atoms with Crippen LogP contribution in [0.5, 0.6) is 0 Å². The summed E-state index contributed by atoms with van der Waals surface area (Å²) in [6.07, 6.45) is 1.43. The average Bonchev–Trinajstić information content (AvgIpc) is 3.17. The van der Waals surface area contributed by atoms with E-state index in [1.807, 2.05) is 13.0 Å². The molecule has 1 amide bonds. The first-order valence-electron chi connectivity index (χ1n) is 7.54. The minimum absolute atomic E-state index is 0.0544. The zero-order valence-electron chi connectivity index (χ0n) is 13.0. The third-order valence-corrected chi connectivity index (χ3v) is 4.77. The maximum Gasteiger partial charge on any atom is 0.277 e. The minimum Gasteiger partial charge on any atom is -0.414 e. The molecule has 1 atom stereocenters. The molecular weight excluding hydrogens is 332 g/mol. The Morgan fingerprint density at radius 3 is 3.00 bits per heavy atom. The SMILES string of the molecule is CC(Sc1nnc(CN2CCCC2=O)o1)c1cccc([N+](=O)[O-])c1. The van der Waals surface area contributed by atoms with E-state index in [0.717, 1.165) is 12.0 Å². The van der Waals surface area contributed by atoms with Crippen LogP contribution in [0.3, 0.4) is 0 Å². The predicted octanol–water partition coefficient (Wildman–Crippen LogP) is 2.95. The van der Waals surface area contributed by atoms with Gasteiger partial charge in [0.15, 0.2) is 0 Å². The van der Waals surface area contributed by atoms with Gasteiger partial charge in [-0.15, -0.1) is 10.2 Å². The molecule has 1 fully saturated rings. The third kappa shape index (κ3) is 3.73. The largest absolute Gasteiger partial charge is 0.414 e. The number of benzene rings is 1. The van der Waals surface area contributed by atoms with E-state index in [1.165, 1.54) is 23.9 Å². The molecule has 1 aliphatic heterocycles. The van der Waals surface area contributed by atoms with E-state index in [1.54, 1.807) is 11.0 Å². The minimum atomic E-state index is -0.418. The van der Waals surface area contributed by atoms with Crippen molar-refractivity contribution < 1.29 is 14.1 Å². The molecule has 0 aliphatic carbocycles. The summed E-state index contributed by atoms with van der Waals surface area (Å²) in [4.78, 5) is 23.7. The van der Waals surface area contributed by atoms with Crippen LogP contribution in [-0.4, -0.2) is 32.5 Å². The zero-order chi connectivity index (χ0) is 17.1. The summed E-state index contributed by atoms with van der Waals surface area (Å²) >= 11 is 1.33. The van der Waals surface area contributed by atoms with Crippen molar-refractivity contribution >= 4 is 23.4 Å². The average molecular weight is 348 g/mol. The van der Waals surface area contributed by atoms with Crippen LogP contribution in [0, 0.1) is 10.1 Å². The Morgan fingerprint density at radius 2 is 2.29 bits per heavy atom. The lowest BCUT2D eigenvalue weighted by Gasteiger charge is -2.11. The number of nitrogens with zero attached hydrogens (tertiary/aromatic N) is 4. The first-order chi connectivity index (χ1) is 11.5. The highest BCUT2D eigenvalue weighted by atomic mass is 32.2. The summed E-state index contributed by atoms with van der Waals surface area (Å²) in [6.45, 7) is 2.96. The van der Waals surface area contributed by atoms with Gasteiger partial charge in [0, 0.05) is 30.3 Å². The first-order valence-corrected chi connectivity index (χ1v) is 8.42. The summed E-state index contributed by atoms with van der Waals surface area (Å²) in [7, 11) is 0. The van der Waals surface area contributed by atoms with Gasteiger partial charge in [-0.05, 0) is 18.9 Å². The molecule has 1 aliphatic rings. The lowest BCUT2D eigenvalue weighted by molar-refractivity contribution is -0.384. The molecule has 126 valence electrons. The normalized spacial score (nSPS) is 15.7. The Morgan fingerprint density at radius 1 is 1.46 bits per heavy atom. The fourth-order valence-electron chi connectivity index (χ4n) is 2.49. The fraction of sp³-hybridized carbons (Fsp3) is 0.400. The Balaban J connectivity index is 1.64. The second kappa shape index (κ2) is 7.00. The number of amides is 1. The Bertz CT molecular complexity index is 763. The molecule has 0 spiro atoms. The van der Waals surface area contributed by atoms with Crippen LogP contribution in [0.25, 0.3) is 0 Å². The molecule has 2 heterocycles. The van der Waals surface area contributed by atoms with Crippen molar-refractivity contribution in [3.8, 4) is 0 Å². The van der Waals surface area contributed by atoms with E-state index >= 15 is 0 Å². The van der Waals surface area contributed by atoms with E-state index in [2.05, 4.69) is 10.2 Å². The molecule has 0 radical (unpaired) electrons. The summed E-state index contributed by atoms with van der Waals surface area (Å²) in [5.41, 5.74) is 0.863. The van der Waals surface area contributed by atoms with Crippen molar-refractivity contribution in [1.29, 1.82) is 0 Å². The number of aromatic nitrogens is 2. The lowest BCUT2D eigenvalue weighted by Crippen LogP contribution is -2.23. The van der Waals surface area contributed by atoms with E-state index < -0.39 is 4.92 Å². The molecule has 1 saturated heterocycles. The molecule has 0 N–H and O–H groups in total. The number of carbonyl (C=O) groups is 1. The highest BCUT2D eigenvalue weighted by molar-refractivity contribution is 7.99. The number of carbonyl (C=O) groups excluding carboxylic acids is 1. The second-order valence-electron chi connectivity index (χ2n) is 5.49. The molecule has 8 nitrogen and oxygen atoms in total. The van der Waals surface area contributed by atoms with E-state index in [4.69, 9.17) is 4.42 Å². The van der Waals surface area contributed by atoms with Crippen LogP contribution in [0.4, 0.5) is 5.69 Å². The summed E-state index contributed by atoms with van der Waals surface area (Å²) in [5, 5.41) is 19.1. The molecule has 24 heavy (non-hydrogen) atoms. The van der Waals surface area contributed by atoms with Gasteiger partial charge in [0.05, 0.1) is 11.5 Å². The molecule has 1 aromatic heterocycles. The molecule has 1 aromatic carbocycles. The summed E-state index contributed by atoms with van der Waals surface area (Å²) in [6, 6.07) is 6.48. The number of non-ortho nitro benzene ring substituents is 1. The van der Waals surface area contributed by atoms with Gasteiger partial charge >= 0.3 is 0 Å². The number of hydrogen-bond acceptors (Lipinski definition) is 7. The molecule has 0 bridgehead atoms. The van der Waals surface area contributed by atoms with Crippen molar-refractivity contribution in [1.82, 2.24) is 15.1 Å². The van der Waals surface area contributed by atoms with E-state index in [9.17, 15) is 14.9 Å². The van der Waals surface area contributed by atoms with E-state index in [-0.39, 0.29) is 16.8 Å². The van der Waals surface area contributed by atoms with Crippen LogP contribution in [0.15, 0.2) is 33.9 Å². The van der Waals surface area contributed by atoms with Gasteiger partial charge in [-0.3, -0.25) is 14.9 Å². The predicted molar refractivity (Wildman–Crippen MR) is 86.3 cm³/mol. The fourth-order valence-corrected chi connectivity index (χ4v) is 3.31. The van der Waals surface area contributed by atoms with Gasteiger partial charge in [-0.2, -0.15) is 0 Å². The molecular formula is C15H16N4O4S. The number of nitro groups is 1. The van der Waals surface area contributed by atoms with Gasteiger partial charge in [0.1, 0.15) is 0 Å². The molecule has 1 unspecified atom stereocenters. The maximum absolute atomic E-state index is 11.6. The molecule has 0 saturated carbocycles. The number of thioether (sulfide) groups is 1. The van der Waals surface area contributed by atoms with Crippen LogP contribution < -0.4 is 0 Å². The Labute approximate surface area is 142 Å². The van der Waals surface area contributed by atoms with Gasteiger partial charge in [0.2, 0.25) is 11.8 Å². The maximum atomic E-state index is 11.6. The van der Waals surface area contributed by atoms with Gasteiger partial charge in [0.25, 0.3) is 10.9 Å². The number of likely N-dealkylation sites (tertiary alicyclic amines) is 1. The smallest absolute Gasteiger partial charge is 0.277 e. The van der Waals surface area contributed by atoms with Gasteiger partial charge in [-0.1, -0.05) is 23.9 Å². The molecule has 9 heteroatoms.